The van der Waals surface area contributed by atoms with Gasteiger partial charge < -0.3 is 0 Å². The maximum atomic E-state index is 4.49. The molecule has 0 bridgehead atoms. The van der Waals surface area contributed by atoms with Crippen LogP contribution >= 0.6 is 9.53 Å². The van der Waals surface area contributed by atoms with E-state index in [1.165, 1.54) is 0 Å². The van der Waals surface area contributed by atoms with Gasteiger partial charge in [-0.2, -0.15) is 0 Å². The third-order valence-corrected chi connectivity index (χ3v) is 0.556. The number of hydrogen-bond donors (Lipinski definition) is 0. The zero-order valence-corrected chi connectivity index (χ0v) is 7.35. The number of allylic oxidation sites excluding steroid dienone is 4. The van der Waals surface area contributed by atoms with Crippen LogP contribution in [0, 0.1) is 6.42 Å². The van der Waals surface area contributed by atoms with Crippen LogP contribution in [0.15, 0.2) is 24.3 Å². The molecule has 0 N–H and O–H groups in total. The fourth-order valence-corrected chi connectivity index (χ4v) is 0.321. The Kier molecular flexibility index (Phi) is 15.9. The van der Waals surface area contributed by atoms with E-state index in [-0.39, 0.29) is 17.1 Å². The largest absolute Gasteiger partial charge is 0 e. The van der Waals surface area contributed by atoms with Crippen LogP contribution in [0.5, 0.6) is 0 Å². The summed E-state index contributed by atoms with van der Waals surface area (Å²) < 4.78 is 0. The van der Waals surface area contributed by atoms with Crippen LogP contribution in [0.1, 0.15) is 0 Å². The molecule has 1 rings (SSSR count). The summed E-state index contributed by atoms with van der Waals surface area (Å²) in [5.41, 5.74) is 0. The zero-order chi connectivity index (χ0) is 5.54. The summed E-state index contributed by atoms with van der Waals surface area (Å²) in [5.74, 6) is 0. The predicted octanol–water partition coefficient (Wildman–Crippen LogP) is 2.00. The summed E-state index contributed by atoms with van der Waals surface area (Å²) >= 11 is 2.22. The van der Waals surface area contributed by atoms with Gasteiger partial charge in [-0.3, -0.25) is 0 Å². The van der Waals surface area contributed by atoms with E-state index in [1.54, 1.807) is 0 Å². The van der Waals surface area contributed by atoms with Gasteiger partial charge in [0.15, 0.2) is 0 Å². The third-order valence-electron chi connectivity index (χ3n) is 0.556. The molecule has 0 saturated heterocycles. The fourth-order valence-electron chi connectivity index (χ4n) is 0.321. The van der Waals surface area contributed by atoms with Crippen molar-refractivity contribution in [2.45, 2.75) is 0 Å². The van der Waals surface area contributed by atoms with Crippen molar-refractivity contribution < 1.29 is 35.2 Å². The first-order valence-corrected chi connectivity index (χ1v) is 3.79. The van der Waals surface area contributed by atoms with Crippen LogP contribution in [-0.2, 0) is 35.2 Å². The third kappa shape index (κ3) is 6.95. The van der Waals surface area contributed by atoms with Crippen molar-refractivity contribution in [1.29, 1.82) is 0 Å². The van der Waals surface area contributed by atoms with Crippen molar-refractivity contribution in [3.8, 4) is 0 Å². The molecule has 1 aliphatic rings. The summed E-state index contributed by atoms with van der Waals surface area (Å²) in [4.78, 5) is 0. The van der Waals surface area contributed by atoms with Crippen molar-refractivity contribution in [1.82, 2.24) is 0 Å². The minimum atomic E-state index is 0. The summed E-state index contributed by atoms with van der Waals surface area (Å²) in [6, 6.07) is 0. The van der Waals surface area contributed by atoms with Crippen molar-refractivity contribution >= 4 is 9.53 Å². The molecule has 0 unspecified atom stereocenters. The van der Waals surface area contributed by atoms with E-state index >= 15 is 0 Å². The number of rotatable bonds is 0. The molecule has 0 aromatic carbocycles. The minimum Gasteiger partial charge on any atom is 0 e. The Hall–Kier alpha value is 0.952. The first-order valence-electron chi connectivity index (χ1n) is 1.79. The molecule has 0 saturated carbocycles. The van der Waals surface area contributed by atoms with Gasteiger partial charge >= 0.3 is 27.7 Å². The second-order valence-electron chi connectivity index (χ2n) is 0.962. The van der Waals surface area contributed by atoms with Crippen LogP contribution < -0.4 is 0 Å². The van der Waals surface area contributed by atoms with Crippen LogP contribution in [0.25, 0.3) is 0 Å². The topological polar surface area (TPSA) is 0 Å². The molecular formula is C5H5ClFePd. The first kappa shape index (κ1) is 11.7. The summed E-state index contributed by atoms with van der Waals surface area (Å²) in [6.07, 6.45) is 10.0. The van der Waals surface area contributed by atoms with Gasteiger partial charge in [-0.15, -0.1) is 0 Å². The average Bonchev–Trinajstić information content (AvgIpc) is 2.23. The molecule has 1 radical (unpaired) electrons. The standard InChI is InChI=1S/C5H5.ClH.Fe.Pd/c1-2-4-5-3-1;;;/h1-5H;1H;;/q;;;+1/p-1. The van der Waals surface area contributed by atoms with Gasteiger partial charge in [0.25, 0.3) is 0 Å². The first-order chi connectivity index (χ1) is 3.50. The summed E-state index contributed by atoms with van der Waals surface area (Å²) in [7, 11) is 4.49. The zero-order valence-electron chi connectivity index (χ0n) is 3.93. The molecule has 0 aromatic heterocycles. The van der Waals surface area contributed by atoms with E-state index in [9.17, 15) is 0 Å². The Morgan fingerprint density at radius 2 is 1.25 bits per heavy atom. The van der Waals surface area contributed by atoms with Crippen molar-refractivity contribution in [3.05, 3.63) is 30.7 Å². The number of hydrogen-bond acceptors (Lipinski definition) is 0. The molecule has 0 fully saturated rings. The number of halogens is 1. The molecule has 0 aliphatic heterocycles. The Morgan fingerprint density at radius 3 is 1.38 bits per heavy atom. The quantitative estimate of drug-likeness (QED) is 0.586. The van der Waals surface area contributed by atoms with Crippen LogP contribution in [0.2, 0.25) is 0 Å². The smallest absolute Gasteiger partial charge is 0 e. The molecule has 0 aromatic rings. The van der Waals surface area contributed by atoms with E-state index < -0.39 is 0 Å². The summed E-state index contributed by atoms with van der Waals surface area (Å²) in [5, 5.41) is 0. The van der Waals surface area contributed by atoms with E-state index in [2.05, 4.69) is 27.7 Å². The monoisotopic (exact) mass is 262 g/mol. The van der Waals surface area contributed by atoms with Gasteiger partial charge in [-0.1, -0.05) is 24.3 Å². The van der Waals surface area contributed by atoms with Crippen molar-refractivity contribution in [3.63, 3.8) is 0 Å². The van der Waals surface area contributed by atoms with Crippen LogP contribution in [-0.4, -0.2) is 0 Å². The Morgan fingerprint density at radius 1 is 0.875 bits per heavy atom. The van der Waals surface area contributed by atoms with E-state index in [1.807, 2.05) is 30.7 Å². The van der Waals surface area contributed by atoms with Crippen molar-refractivity contribution in [2.75, 3.05) is 0 Å². The molecule has 0 spiro atoms. The summed E-state index contributed by atoms with van der Waals surface area (Å²) in [6.45, 7) is 0. The van der Waals surface area contributed by atoms with Gasteiger partial charge in [0, 0.05) is 23.5 Å². The Labute approximate surface area is 75.2 Å². The molecule has 1 aliphatic carbocycles. The van der Waals surface area contributed by atoms with Gasteiger partial charge in [0.1, 0.15) is 0 Å². The fraction of sp³-hybridized carbons (Fsp3) is 0. The second kappa shape index (κ2) is 10.8. The molecule has 8 heavy (non-hydrogen) atoms. The maximum Gasteiger partial charge on any atom is 0 e. The van der Waals surface area contributed by atoms with Gasteiger partial charge in [0.05, 0.1) is 0 Å². The Bertz CT molecular complexity index is 70.5. The predicted molar refractivity (Wildman–Crippen MR) is 28.4 cm³/mol. The van der Waals surface area contributed by atoms with Gasteiger partial charge in [-0.25, -0.2) is 0 Å². The molecule has 0 heterocycles. The van der Waals surface area contributed by atoms with Crippen LogP contribution in [0.4, 0.5) is 0 Å². The average molecular weight is 263 g/mol. The molecular weight excluding hydrogens is 258 g/mol. The molecule has 0 atom stereocenters. The van der Waals surface area contributed by atoms with Gasteiger partial charge in [-0.05, 0) is 0 Å². The normalized spacial score (nSPS) is 11.9. The SMILES string of the molecule is [CH]1C=CC=C1.[Cl][Pd].[Fe]. The Balaban J connectivity index is 0. The van der Waals surface area contributed by atoms with E-state index in [0.717, 1.165) is 0 Å². The molecule has 0 nitrogen and oxygen atoms in total. The second-order valence-corrected chi connectivity index (χ2v) is 0.962. The van der Waals surface area contributed by atoms with Crippen molar-refractivity contribution in [2.24, 2.45) is 0 Å². The molecule has 3 heteroatoms. The van der Waals surface area contributed by atoms with E-state index in [0.29, 0.717) is 0 Å². The van der Waals surface area contributed by atoms with E-state index in [4.69, 9.17) is 0 Å². The minimum absolute atomic E-state index is 0. The molecule has 0 amide bonds. The van der Waals surface area contributed by atoms with Crippen LogP contribution in [0.3, 0.4) is 0 Å². The maximum absolute atomic E-state index is 4.49. The molecule has 50 valence electrons. The van der Waals surface area contributed by atoms with Gasteiger partial charge in [0.2, 0.25) is 0 Å².